The molecule has 90 valence electrons. The van der Waals surface area contributed by atoms with Gasteiger partial charge in [-0.3, -0.25) is 4.98 Å². The van der Waals surface area contributed by atoms with E-state index >= 15 is 0 Å². The minimum atomic E-state index is -0.382. The number of pyridine rings is 1. The lowest BCUT2D eigenvalue weighted by Gasteiger charge is -2.21. The summed E-state index contributed by atoms with van der Waals surface area (Å²) in [5.74, 6) is -0.519. The van der Waals surface area contributed by atoms with Gasteiger partial charge in [0.15, 0.2) is 0 Å². The summed E-state index contributed by atoms with van der Waals surface area (Å²) < 4.78 is 5.41. The number of fused-ring (bicyclic) bond motifs is 1. The molecule has 1 aliphatic carbocycles. The Morgan fingerprint density at radius 3 is 2.94 bits per heavy atom. The summed E-state index contributed by atoms with van der Waals surface area (Å²) >= 11 is 6.07. The topological polar surface area (TPSA) is 39.2 Å². The van der Waals surface area contributed by atoms with Crippen LogP contribution >= 0.6 is 11.6 Å². The minimum Gasteiger partial charge on any atom is -0.453 e. The van der Waals surface area contributed by atoms with Gasteiger partial charge in [-0.05, 0) is 23.8 Å². The normalized spacial score (nSPS) is 26.3. The van der Waals surface area contributed by atoms with E-state index in [1.807, 2.05) is 12.1 Å². The van der Waals surface area contributed by atoms with Crippen molar-refractivity contribution >= 4 is 17.6 Å². The van der Waals surface area contributed by atoms with Crippen molar-refractivity contribution < 1.29 is 9.53 Å². The average Bonchev–Trinajstić information content (AvgIpc) is 2.73. The second-order valence-corrected chi connectivity index (χ2v) is 4.66. The van der Waals surface area contributed by atoms with Crippen molar-refractivity contribution in [1.82, 2.24) is 4.98 Å². The van der Waals surface area contributed by atoms with Crippen molar-refractivity contribution in [2.45, 2.75) is 6.10 Å². The number of carbonyl (C=O) groups is 1. The maximum Gasteiger partial charge on any atom is 0.335 e. The Morgan fingerprint density at radius 2 is 2.22 bits per heavy atom. The molecule has 0 spiro atoms. The zero-order chi connectivity index (χ0) is 12.7. The van der Waals surface area contributed by atoms with E-state index in [0.29, 0.717) is 16.2 Å². The molecule has 1 fully saturated rings. The van der Waals surface area contributed by atoms with E-state index < -0.39 is 0 Å². The minimum absolute atomic E-state index is 0.209. The van der Waals surface area contributed by atoms with E-state index in [4.69, 9.17) is 16.3 Å². The van der Waals surface area contributed by atoms with Crippen LogP contribution in [-0.4, -0.2) is 11.0 Å². The molecule has 2 aliphatic rings. The van der Waals surface area contributed by atoms with Crippen LogP contribution in [0.4, 0.5) is 0 Å². The third-order valence-corrected chi connectivity index (χ3v) is 3.58. The molecule has 3 nitrogen and oxygen atoms in total. The van der Waals surface area contributed by atoms with Gasteiger partial charge in [-0.15, -0.1) is 0 Å². The smallest absolute Gasteiger partial charge is 0.335 e. The fourth-order valence-corrected chi connectivity index (χ4v) is 2.49. The number of nitrogens with zero attached hydrogens (tertiary/aromatic N) is 1. The molecule has 3 rings (SSSR count). The monoisotopic (exact) mass is 259 g/mol. The Balaban J connectivity index is 2.05. The van der Waals surface area contributed by atoms with Crippen molar-refractivity contribution in [3.63, 3.8) is 0 Å². The van der Waals surface area contributed by atoms with Gasteiger partial charge in [0.05, 0.1) is 5.92 Å². The highest BCUT2D eigenvalue weighted by atomic mass is 35.5. The van der Waals surface area contributed by atoms with Crippen LogP contribution in [0, 0.1) is 5.92 Å². The molecule has 0 aromatic carbocycles. The molecule has 0 saturated carbocycles. The van der Waals surface area contributed by atoms with E-state index in [1.165, 1.54) is 0 Å². The second kappa shape index (κ2) is 4.10. The van der Waals surface area contributed by atoms with Crippen LogP contribution in [0.15, 0.2) is 59.4 Å². The Labute approximate surface area is 109 Å². The van der Waals surface area contributed by atoms with Gasteiger partial charge in [-0.1, -0.05) is 24.2 Å². The summed E-state index contributed by atoms with van der Waals surface area (Å²) in [7, 11) is 0. The third-order valence-electron chi connectivity index (χ3n) is 3.21. The number of cyclic esters (lactones) is 1. The maximum absolute atomic E-state index is 11.8. The van der Waals surface area contributed by atoms with E-state index in [9.17, 15) is 4.79 Å². The molecule has 0 amide bonds. The molecule has 2 unspecified atom stereocenters. The van der Waals surface area contributed by atoms with Crippen LogP contribution in [0.2, 0.25) is 0 Å². The van der Waals surface area contributed by atoms with Crippen LogP contribution in [0.1, 0.15) is 11.7 Å². The summed E-state index contributed by atoms with van der Waals surface area (Å²) in [5, 5.41) is 0.566. The van der Waals surface area contributed by atoms with Crippen LogP contribution < -0.4 is 0 Å². The fraction of sp³-hybridized carbons (Fsp3) is 0.143. The lowest BCUT2D eigenvalue weighted by Crippen LogP contribution is -2.13. The van der Waals surface area contributed by atoms with Crippen LogP contribution in [0.5, 0.6) is 0 Å². The number of rotatable bonds is 1. The van der Waals surface area contributed by atoms with Gasteiger partial charge < -0.3 is 4.74 Å². The molecule has 1 saturated heterocycles. The molecule has 0 N–H and O–H groups in total. The molecular formula is C14H10ClNO2. The number of aromatic nitrogens is 1. The maximum atomic E-state index is 11.8. The number of allylic oxidation sites excluding steroid dienone is 3. The first-order valence-electron chi connectivity index (χ1n) is 5.56. The average molecular weight is 260 g/mol. The summed E-state index contributed by atoms with van der Waals surface area (Å²) in [6.07, 6.45) is 6.38. The van der Waals surface area contributed by atoms with Crippen molar-refractivity contribution in [3.8, 4) is 0 Å². The molecular weight excluding hydrogens is 250 g/mol. The van der Waals surface area contributed by atoms with E-state index in [2.05, 4.69) is 11.6 Å². The lowest BCUT2D eigenvalue weighted by molar-refractivity contribution is -0.139. The first kappa shape index (κ1) is 11.2. The number of hydrogen-bond donors (Lipinski definition) is 0. The van der Waals surface area contributed by atoms with Gasteiger partial charge in [0.2, 0.25) is 0 Å². The van der Waals surface area contributed by atoms with Gasteiger partial charge in [-0.25, -0.2) is 4.79 Å². The van der Waals surface area contributed by atoms with Gasteiger partial charge >= 0.3 is 5.97 Å². The summed E-state index contributed by atoms with van der Waals surface area (Å²) in [6, 6.07) is 3.70. The van der Waals surface area contributed by atoms with E-state index in [0.717, 1.165) is 5.56 Å². The van der Waals surface area contributed by atoms with Gasteiger partial charge in [-0.2, -0.15) is 0 Å². The summed E-state index contributed by atoms with van der Waals surface area (Å²) in [6.45, 7) is 3.95. The quantitative estimate of drug-likeness (QED) is 0.728. The molecule has 4 heteroatoms. The molecule has 1 aromatic rings. The molecule has 2 heterocycles. The highest BCUT2D eigenvalue weighted by Crippen LogP contribution is 2.47. The molecule has 2 atom stereocenters. The first-order valence-corrected chi connectivity index (χ1v) is 5.93. The summed E-state index contributed by atoms with van der Waals surface area (Å²) in [5.41, 5.74) is 2.18. The first-order chi connectivity index (χ1) is 8.68. The van der Waals surface area contributed by atoms with Crippen molar-refractivity contribution in [1.29, 1.82) is 0 Å². The van der Waals surface area contributed by atoms with Gasteiger partial charge in [0, 0.05) is 28.6 Å². The van der Waals surface area contributed by atoms with Gasteiger partial charge in [0.25, 0.3) is 0 Å². The largest absolute Gasteiger partial charge is 0.453 e. The van der Waals surface area contributed by atoms with Crippen LogP contribution in [-0.2, 0) is 9.53 Å². The predicted molar refractivity (Wildman–Crippen MR) is 67.7 cm³/mol. The Bertz CT molecular complexity index is 589. The highest BCUT2D eigenvalue weighted by Gasteiger charge is 2.43. The SMILES string of the molecule is C=C1C(Cl)=CC=C2C(=O)OC(c3cccnc3)C12. The molecule has 18 heavy (non-hydrogen) atoms. The Hall–Kier alpha value is -1.87. The fourth-order valence-electron chi connectivity index (χ4n) is 2.31. The molecule has 0 radical (unpaired) electrons. The van der Waals surface area contributed by atoms with E-state index in [-0.39, 0.29) is 18.0 Å². The number of carbonyl (C=O) groups excluding carboxylic acids is 1. The number of halogens is 1. The third kappa shape index (κ3) is 1.59. The van der Waals surface area contributed by atoms with E-state index in [1.54, 1.807) is 24.5 Å². The molecule has 1 aliphatic heterocycles. The van der Waals surface area contributed by atoms with Crippen molar-refractivity contribution in [2.75, 3.05) is 0 Å². The predicted octanol–water partition coefficient (Wildman–Crippen LogP) is 2.91. The molecule has 1 aromatic heterocycles. The highest BCUT2D eigenvalue weighted by molar-refractivity contribution is 6.32. The van der Waals surface area contributed by atoms with Crippen molar-refractivity contribution in [3.05, 3.63) is 65.0 Å². The zero-order valence-electron chi connectivity index (χ0n) is 9.47. The zero-order valence-corrected chi connectivity index (χ0v) is 10.2. The number of ether oxygens (including phenoxy) is 1. The lowest BCUT2D eigenvalue weighted by atomic mass is 9.83. The Morgan fingerprint density at radius 1 is 1.39 bits per heavy atom. The van der Waals surface area contributed by atoms with Crippen LogP contribution in [0.3, 0.4) is 0 Å². The standard InChI is InChI=1S/C14H10ClNO2/c1-8-11(15)5-4-10-12(8)13(18-14(10)17)9-3-2-6-16-7-9/h2-7,12-13H,1H2. The number of esters is 1. The molecule has 0 bridgehead atoms. The second-order valence-electron chi connectivity index (χ2n) is 4.25. The Kier molecular flexibility index (Phi) is 2.56. The van der Waals surface area contributed by atoms with Crippen molar-refractivity contribution in [2.24, 2.45) is 5.92 Å². The number of hydrogen-bond acceptors (Lipinski definition) is 3. The van der Waals surface area contributed by atoms with Crippen LogP contribution in [0.25, 0.3) is 0 Å². The van der Waals surface area contributed by atoms with Gasteiger partial charge in [0.1, 0.15) is 6.10 Å². The summed E-state index contributed by atoms with van der Waals surface area (Å²) in [4.78, 5) is 15.9.